The third-order valence-electron chi connectivity index (χ3n) is 4.67. The minimum atomic E-state index is -0.0249. The van der Waals surface area contributed by atoms with E-state index in [0.29, 0.717) is 34.0 Å². The second-order valence-electron chi connectivity index (χ2n) is 6.68. The van der Waals surface area contributed by atoms with Gasteiger partial charge in [0.15, 0.2) is 0 Å². The normalized spacial score (nSPS) is 15.1. The summed E-state index contributed by atoms with van der Waals surface area (Å²) in [6.07, 6.45) is 4.25. The number of anilines is 1. The third-order valence-corrected chi connectivity index (χ3v) is 5.26. The van der Waals surface area contributed by atoms with Crippen LogP contribution in [-0.2, 0) is 6.42 Å². The Bertz CT molecular complexity index is 776. The summed E-state index contributed by atoms with van der Waals surface area (Å²) in [5.74, 6) is 1.29. The van der Waals surface area contributed by atoms with Crippen LogP contribution < -0.4 is 5.32 Å². The number of nitrogens with one attached hydrogen (secondary N) is 1. The van der Waals surface area contributed by atoms with Gasteiger partial charge in [0.05, 0.1) is 0 Å². The SMILES string of the molecule is CC1CCN(C(=O)c2cc(NCCc3ccc(Cl)cc3Cl)ncn2)CC1. The van der Waals surface area contributed by atoms with Crippen molar-refractivity contribution in [1.29, 1.82) is 0 Å². The maximum Gasteiger partial charge on any atom is 0.272 e. The molecule has 0 atom stereocenters. The van der Waals surface area contributed by atoms with Gasteiger partial charge in [0.2, 0.25) is 0 Å². The van der Waals surface area contributed by atoms with Gasteiger partial charge in [-0.3, -0.25) is 4.79 Å². The molecule has 1 aliphatic heterocycles. The molecule has 3 rings (SSSR count). The number of hydrogen-bond acceptors (Lipinski definition) is 4. The first-order chi connectivity index (χ1) is 12.5. The molecule has 2 heterocycles. The Morgan fingerprint density at radius 1 is 1.23 bits per heavy atom. The summed E-state index contributed by atoms with van der Waals surface area (Å²) < 4.78 is 0. The number of halogens is 2. The second kappa shape index (κ2) is 8.69. The van der Waals surface area contributed by atoms with Gasteiger partial charge in [0, 0.05) is 35.7 Å². The lowest BCUT2D eigenvalue weighted by Crippen LogP contribution is -2.38. The Hall–Kier alpha value is -1.85. The Morgan fingerprint density at radius 2 is 2.00 bits per heavy atom. The maximum atomic E-state index is 12.6. The molecule has 26 heavy (non-hydrogen) atoms. The van der Waals surface area contributed by atoms with Gasteiger partial charge in [-0.1, -0.05) is 36.2 Å². The van der Waals surface area contributed by atoms with Crippen molar-refractivity contribution in [3.8, 4) is 0 Å². The van der Waals surface area contributed by atoms with Gasteiger partial charge < -0.3 is 10.2 Å². The molecule has 1 fully saturated rings. The Kier molecular flexibility index (Phi) is 6.33. The number of nitrogens with zero attached hydrogens (tertiary/aromatic N) is 3. The summed E-state index contributed by atoms with van der Waals surface area (Å²) in [6.45, 7) is 4.46. The first kappa shape index (κ1) is 18.9. The van der Waals surface area contributed by atoms with E-state index < -0.39 is 0 Å². The zero-order valence-corrected chi connectivity index (χ0v) is 16.2. The Morgan fingerprint density at radius 3 is 2.73 bits per heavy atom. The van der Waals surface area contributed by atoms with E-state index in [1.165, 1.54) is 6.33 Å². The predicted molar refractivity (Wildman–Crippen MR) is 105 cm³/mol. The van der Waals surface area contributed by atoms with Crippen LogP contribution in [0.1, 0.15) is 35.8 Å². The molecule has 2 aromatic rings. The summed E-state index contributed by atoms with van der Waals surface area (Å²) in [7, 11) is 0. The fourth-order valence-corrected chi connectivity index (χ4v) is 3.50. The molecule has 1 aromatic heterocycles. The van der Waals surface area contributed by atoms with Crippen LogP contribution in [0.15, 0.2) is 30.6 Å². The highest BCUT2D eigenvalue weighted by Crippen LogP contribution is 2.21. The number of aromatic nitrogens is 2. The molecule has 1 aromatic carbocycles. The average molecular weight is 393 g/mol. The molecule has 1 aliphatic rings. The molecule has 0 saturated carbocycles. The number of rotatable bonds is 5. The van der Waals surface area contributed by atoms with Crippen LogP contribution in [0, 0.1) is 5.92 Å². The van der Waals surface area contributed by atoms with Crippen LogP contribution in [0.25, 0.3) is 0 Å². The van der Waals surface area contributed by atoms with Crippen molar-refractivity contribution in [2.45, 2.75) is 26.2 Å². The number of carbonyl (C=O) groups excluding carboxylic acids is 1. The number of benzene rings is 1. The summed E-state index contributed by atoms with van der Waals surface area (Å²) in [6, 6.07) is 7.19. The fourth-order valence-electron chi connectivity index (χ4n) is 2.99. The van der Waals surface area contributed by atoms with Crippen molar-refractivity contribution in [2.24, 2.45) is 5.92 Å². The molecule has 0 bridgehead atoms. The van der Waals surface area contributed by atoms with Gasteiger partial charge in [0.25, 0.3) is 5.91 Å². The monoisotopic (exact) mass is 392 g/mol. The van der Waals surface area contributed by atoms with E-state index in [4.69, 9.17) is 23.2 Å². The fraction of sp³-hybridized carbons (Fsp3) is 0.421. The molecule has 1 N–H and O–H groups in total. The van der Waals surface area contributed by atoms with Crippen LogP contribution in [0.4, 0.5) is 5.82 Å². The summed E-state index contributed by atoms with van der Waals surface area (Å²) in [5, 5.41) is 4.50. The molecule has 0 unspecified atom stereocenters. The van der Waals surface area contributed by atoms with E-state index in [2.05, 4.69) is 22.2 Å². The minimum Gasteiger partial charge on any atom is -0.370 e. The summed E-state index contributed by atoms with van der Waals surface area (Å²) in [5.41, 5.74) is 1.44. The maximum absolute atomic E-state index is 12.6. The number of carbonyl (C=O) groups is 1. The topological polar surface area (TPSA) is 58.1 Å². The second-order valence-corrected chi connectivity index (χ2v) is 7.52. The van der Waals surface area contributed by atoms with E-state index in [1.807, 2.05) is 17.0 Å². The van der Waals surface area contributed by atoms with Gasteiger partial charge in [-0.25, -0.2) is 9.97 Å². The van der Waals surface area contributed by atoms with Crippen molar-refractivity contribution in [3.05, 3.63) is 51.9 Å². The van der Waals surface area contributed by atoms with E-state index in [9.17, 15) is 4.79 Å². The zero-order chi connectivity index (χ0) is 18.5. The highest BCUT2D eigenvalue weighted by atomic mass is 35.5. The molecule has 0 radical (unpaired) electrons. The molecular weight excluding hydrogens is 371 g/mol. The van der Waals surface area contributed by atoms with Crippen molar-refractivity contribution >= 4 is 34.9 Å². The van der Waals surface area contributed by atoms with Gasteiger partial charge >= 0.3 is 0 Å². The number of amides is 1. The quantitative estimate of drug-likeness (QED) is 0.823. The van der Waals surface area contributed by atoms with Crippen molar-refractivity contribution in [2.75, 3.05) is 25.0 Å². The Balaban J connectivity index is 1.58. The van der Waals surface area contributed by atoms with Gasteiger partial charge in [0.1, 0.15) is 17.8 Å². The molecule has 138 valence electrons. The number of hydrogen-bond donors (Lipinski definition) is 1. The van der Waals surface area contributed by atoms with Gasteiger partial charge in [-0.2, -0.15) is 0 Å². The van der Waals surface area contributed by atoms with Crippen molar-refractivity contribution in [3.63, 3.8) is 0 Å². The van der Waals surface area contributed by atoms with Crippen molar-refractivity contribution < 1.29 is 4.79 Å². The smallest absolute Gasteiger partial charge is 0.272 e. The number of piperidine rings is 1. The largest absolute Gasteiger partial charge is 0.370 e. The van der Waals surface area contributed by atoms with Crippen molar-refractivity contribution in [1.82, 2.24) is 14.9 Å². The van der Waals surface area contributed by atoms with Crippen LogP contribution >= 0.6 is 23.2 Å². The third kappa shape index (κ3) is 4.86. The van der Waals surface area contributed by atoms with Crippen LogP contribution in [0.5, 0.6) is 0 Å². The average Bonchev–Trinajstić information content (AvgIpc) is 2.64. The highest BCUT2D eigenvalue weighted by Gasteiger charge is 2.22. The van der Waals surface area contributed by atoms with Gasteiger partial charge in [-0.05, 0) is 42.9 Å². The lowest BCUT2D eigenvalue weighted by molar-refractivity contribution is 0.0691. The lowest BCUT2D eigenvalue weighted by Gasteiger charge is -2.30. The van der Waals surface area contributed by atoms with E-state index in [-0.39, 0.29) is 5.91 Å². The first-order valence-corrected chi connectivity index (χ1v) is 9.57. The zero-order valence-electron chi connectivity index (χ0n) is 14.7. The molecule has 1 saturated heterocycles. The van der Waals surface area contributed by atoms with E-state index >= 15 is 0 Å². The Labute approximate surface area is 163 Å². The first-order valence-electron chi connectivity index (χ1n) is 8.82. The van der Waals surface area contributed by atoms with Gasteiger partial charge in [-0.15, -0.1) is 0 Å². The molecular formula is C19H22Cl2N4O. The number of likely N-dealkylation sites (tertiary alicyclic amines) is 1. The van der Waals surface area contributed by atoms with Crippen LogP contribution in [-0.4, -0.2) is 40.4 Å². The standard InChI is InChI=1S/C19H22Cl2N4O/c1-13-5-8-25(9-6-13)19(26)17-11-18(24-12-23-17)22-7-4-14-2-3-15(20)10-16(14)21/h2-3,10-13H,4-9H2,1H3,(H,22,23,24). The summed E-state index contributed by atoms with van der Waals surface area (Å²) in [4.78, 5) is 22.8. The van der Waals surface area contributed by atoms with E-state index in [1.54, 1.807) is 12.1 Å². The predicted octanol–water partition coefficient (Wildman–Crippen LogP) is 4.31. The molecule has 0 aliphatic carbocycles. The molecule has 5 nitrogen and oxygen atoms in total. The minimum absolute atomic E-state index is 0.0249. The summed E-state index contributed by atoms with van der Waals surface area (Å²) >= 11 is 12.1. The van der Waals surface area contributed by atoms with Crippen LogP contribution in [0.3, 0.4) is 0 Å². The molecule has 0 spiro atoms. The molecule has 1 amide bonds. The highest BCUT2D eigenvalue weighted by molar-refractivity contribution is 6.35. The van der Waals surface area contributed by atoms with Crippen LogP contribution in [0.2, 0.25) is 10.0 Å². The lowest BCUT2D eigenvalue weighted by atomic mass is 9.99. The van der Waals surface area contributed by atoms with E-state index in [0.717, 1.165) is 37.9 Å². The molecule has 7 heteroatoms.